The summed E-state index contributed by atoms with van der Waals surface area (Å²) in [6, 6.07) is 0. The number of fused-ring (bicyclic) bond motifs is 3. The molecule has 4 aliphatic rings. The second-order valence-corrected chi connectivity index (χ2v) is 15.4. The minimum absolute atomic E-state index is 0. The maximum Gasteiger partial charge on any atom is 2.00 e. The fourth-order valence-electron chi connectivity index (χ4n) is 6.95. The van der Waals surface area contributed by atoms with Gasteiger partial charge >= 0.3 is 26.2 Å². The van der Waals surface area contributed by atoms with Gasteiger partial charge < -0.3 is 29.2 Å². The molecule has 0 saturated heterocycles. The van der Waals surface area contributed by atoms with Gasteiger partial charge in [0.15, 0.2) is 8.32 Å². The van der Waals surface area contributed by atoms with Crippen LogP contribution in [0.3, 0.4) is 0 Å². The third-order valence-electron chi connectivity index (χ3n) is 8.08. The van der Waals surface area contributed by atoms with Crippen LogP contribution in [0.15, 0.2) is 48.1 Å². The van der Waals surface area contributed by atoms with Crippen molar-refractivity contribution in [3.63, 3.8) is 0 Å². The van der Waals surface area contributed by atoms with Crippen LogP contribution in [-0.2, 0) is 30.6 Å². The Morgan fingerprint density at radius 1 is 0.968 bits per heavy atom. The summed E-state index contributed by atoms with van der Waals surface area (Å²) in [5.41, 5.74) is 2.00. The fourth-order valence-corrected chi connectivity index (χ4v) is 7.71. The molecule has 5 heteroatoms. The van der Waals surface area contributed by atoms with Crippen LogP contribution in [-0.4, -0.2) is 14.9 Å². The molecule has 0 spiro atoms. The number of halogens is 2. The SMILES string of the molecule is CC(CCCO[Si](C)(C)C)(C1=CC=CC1)C1C2C=CC=CC2C2CCCCC21.[Cl-].[Cl-].[Zr+2]. The van der Waals surface area contributed by atoms with E-state index in [2.05, 4.69) is 69.1 Å². The van der Waals surface area contributed by atoms with Gasteiger partial charge in [-0.15, -0.1) is 0 Å². The van der Waals surface area contributed by atoms with Gasteiger partial charge in [-0.2, -0.15) is 0 Å². The summed E-state index contributed by atoms with van der Waals surface area (Å²) in [5.74, 6) is 4.13. The van der Waals surface area contributed by atoms with E-state index in [-0.39, 0.29) is 51.0 Å². The summed E-state index contributed by atoms with van der Waals surface area (Å²) in [5, 5.41) is 0. The van der Waals surface area contributed by atoms with Crippen molar-refractivity contribution in [2.75, 3.05) is 6.61 Å². The maximum atomic E-state index is 6.24. The first-order valence-electron chi connectivity index (χ1n) is 11.8. The summed E-state index contributed by atoms with van der Waals surface area (Å²) in [7, 11) is -1.42. The van der Waals surface area contributed by atoms with E-state index in [9.17, 15) is 0 Å². The summed E-state index contributed by atoms with van der Waals surface area (Å²) < 4.78 is 6.24. The molecule has 0 N–H and O–H groups in total. The molecule has 0 radical (unpaired) electrons. The Balaban J connectivity index is 0.00000160. The first-order chi connectivity index (χ1) is 13.4. The number of rotatable bonds is 7. The average Bonchev–Trinajstić information content (AvgIpc) is 3.31. The van der Waals surface area contributed by atoms with Crippen molar-refractivity contribution < 1.29 is 55.4 Å². The molecule has 4 aliphatic carbocycles. The molecule has 0 heterocycles. The summed E-state index contributed by atoms with van der Waals surface area (Å²) >= 11 is 0. The van der Waals surface area contributed by atoms with Crippen molar-refractivity contribution in [2.45, 2.75) is 71.5 Å². The molecule has 0 bridgehead atoms. The Morgan fingerprint density at radius 3 is 2.23 bits per heavy atom. The second kappa shape index (κ2) is 12.3. The molecule has 6 unspecified atom stereocenters. The van der Waals surface area contributed by atoms with Crippen molar-refractivity contribution in [3.05, 3.63) is 48.1 Å². The first kappa shape index (κ1) is 29.6. The molecule has 0 aromatic heterocycles. The average molecular weight is 559 g/mol. The van der Waals surface area contributed by atoms with E-state index in [1.165, 1.54) is 38.5 Å². The quantitative estimate of drug-likeness (QED) is 0.338. The van der Waals surface area contributed by atoms with Crippen molar-refractivity contribution in [1.29, 1.82) is 0 Å². The molecule has 1 nitrogen and oxygen atoms in total. The number of hydrogen-bond acceptors (Lipinski definition) is 1. The van der Waals surface area contributed by atoms with Crippen molar-refractivity contribution in [2.24, 2.45) is 35.0 Å². The van der Waals surface area contributed by atoms with Crippen molar-refractivity contribution >= 4 is 8.32 Å². The topological polar surface area (TPSA) is 9.23 Å². The molecule has 6 atom stereocenters. The van der Waals surface area contributed by atoms with Crippen molar-refractivity contribution in [3.8, 4) is 0 Å². The van der Waals surface area contributed by atoms with Crippen molar-refractivity contribution in [1.82, 2.24) is 0 Å². The molecule has 0 amide bonds. The molecule has 2 saturated carbocycles. The van der Waals surface area contributed by atoms with Gasteiger partial charge in [0.05, 0.1) is 0 Å². The van der Waals surface area contributed by atoms with E-state index in [0.29, 0.717) is 5.41 Å². The molecule has 4 rings (SSSR count). The van der Waals surface area contributed by atoms with Gasteiger partial charge in [0, 0.05) is 6.61 Å². The van der Waals surface area contributed by atoms with Crippen LogP contribution in [0.5, 0.6) is 0 Å². The summed E-state index contributed by atoms with van der Waals surface area (Å²) in [4.78, 5) is 0. The maximum absolute atomic E-state index is 6.24. The van der Waals surface area contributed by atoms with Crippen LogP contribution in [0, 0.1) is 35.0 Å². The van der Waals surface area contributed by atoms with E-state index in [0.717, 1.165) is 42.6 Å². The van der Waals surface area contributed by atoms with Gasteiger partial charge in [0.25, 0.3) is 0 Å². The Kier molecular flexibility index (Phi) is 11.8. The zero-order valence-corrected chi connectivity index (χ0v) is 24.7. The first-order valence-corrected chi connectivity index (χ1v) is 15.2. The molecule has 0 aliphatic heterocycles. The van der Waals surface area contributed by atoms with E-state index in [1.807, 2.05) is 0 Å². The van der Waals surface area contributed by atoms with E-state index in [1.54, 1.807) is 5.57 Å². The zero-order valence-electron chi connectivity index (χ0n) is 19.7. The molecule has 172 valence electrons. The van der Waals surface area contributed by atoms with Crippen LogP contribution in [0.25, 0.3) is 0 Å². The number of allylic oxidation sites excluding steroid dienone is 8. The predicted octanol–water partition coefficient (Wildman–Crippen LogP) is 1.31. The van der Waals surface area contributed by atoms with Gasteiger partial charge in [0.1, 0.15) is 0 Å². The second-order valence-electron chi connectivity index (χ2n) is 10.9. The normalized spacial score (nSPS) is 32.6. The standard InChI is InChI=1S/C26H40OSi.2ClH.Zr/c1-26(20-12-5-6-13-20,18-11-19-27-28(2,3)4)25-23-16-9-7-14-21(23)22-15-8-10-17-24(22)25;;;/h5-7,9,12,14,16,21-25H,8,10-11,13,15,17-19H2,1-4H3;2*1H;/q;;;+2/p-2. The smallest absolute Gasteiger partial charge is 1.00 e. The molecule has 2 fully saturated rings. The van der Waals surface area contributed by atoms with Crippen LogP contribution in [0.4, 0.5) is 0 Å². The van der Waals surface area contributed by atoms with Gasteiger partial charge in [-0.05, 0) is 86.7 Å². The molecule has 0 aromatic rings. The Labute approximate surface area is 223 Å². The largest absolute Gasteiger partial charge is 2.00 e. The third kappa shape index (κ3) is 6.39. The third-order valence-corrected chi connectivity index (χ3v) is 9.15. The Morgan fingerprint density at radius 2 is 1.61 bits per heavy atom. The predicted molar refractivity (Wildman–Crippen MR) is 123 cm³/mol. The molecule has 0 aromatic carbocycles. The minimum atomic E-state index is -1.42. The van der Waals surface area contributed by atoms with Gasteiger partial charge in [-0.3, -0.25) is 0 Å². The van der Waals surface area contributed by atoms with E-state index < -0.39 is 8.32 Å². The summed E-state index contributed by atoms with van der Waals surface area (Å²) in [6.45, 7) is 10.5. The van der Waals surface area contributed by atoms with E-state index >= 15 is 0 Å². The Hall–Kier alpha value is 0.600. The number of hydrogen-bond donors (Lipinski definition) is 0. The van der Waals surface area contributed by atoms with Crippen LogP contribution >= 0.6 is 0 Å². The molecular formula is C26H40Cl2OSiZr. The summed E-state index contributed by atoms with van der Waals surface area (Å²) in [6.07, 6.45) is 26.3. The van der Waals surface area contributed by atoms with Gasteiger partial charge in [-0.25, -0.2) is 0 Å². The molecular weight excluding hydrogens is 519 g/mol. The monoisotopic (exact) mass is 556 g/mol. The molecule has 31 heavy (non-hydrogen) atoms. The van der Waals surface area contributed by atoms with E-state index in [4.69, 9.17) is 4.43 Å². The minimum Gasteiger partial charge on any atom is -1.00 e. The van der Waals surface area contributed by atoms with Crippen LogP contribution < -0.4 is 24.8 Å². The van der Waals surface area contributed by atoms with Gasteiger partial charge in [-0.1, -0.05) is 67.9 Å². The van der Waals surface area contributed by atoms with Gasteiger partial charge in [0.2, 0.25) is 0 Å². The van der Waals surface area contributed by atoms with Crippen LogP contribution in [0.1, 0.15) is 51.9 Å². The Bertz CT molecular complexity index is 696. The zero-order chi connectivity index (χ0) is 19.8. The van der Waals surface area contributed by atoms with Crippen LogP contribution in [0.2, 0.25) is 19.6 Å². The fraction of sp³-hybridized carbons (Fsp3) is 0.692.